The molecule has 0 aliphatic carbocycles. The second-order valence-corrected chi connectivity index (χ2v) is 7.77. The van der Waals surface area contributed by atoms with Crippen LogP contribution in [0.1, 0.15) is 23.0 Å². The molecule has 4 aromatic rings. The van der Waals surface area contributed by atoms with Crippen molar-refractivity contribution < 1.29 is 19.1 Å². The number of benzene rings is 2. The number of aromatic nitrogens is 2. The number of hydrogen-bond acceptors (Lipinski definition) is 6. The molecule has 7 nitrogen and oxygen atoms in total. The molecule has 8 heteroatoms. The van der Waals surface area contributed by atoms with Gasteiger partial charge in [0.2, 0.25) is 5.91 Å². The number of rotatable bonds is 7. The van der Waals surface area contributed by atoms with E-state index in [1.165, 1.54) is 18.3 Å². The molecule has 158 valence electrons. The minimum atomic E-state index is -0.165. The molecule has 0 spiro atoms. The van der Waals surface area contributed by atoms with Crippen LogP contribution >= 0.6 is 11.3 Å². The number of methoxy groups -OCH3 is 2. The number of nitrogens with one attached hydrogen (secondary N) is 1. The molecular weight excluding hydrogens is 414 g/mol. The summed E-state index contributed by atoms with van der Waals surface area (Å²) in [6.07, 6.45) is 2.10. The molecule has 0 unspecified atom stereocenters. The highest BCUT2D eigenvalue weighted by atomic mass is 32.1. The lowest BCUT2D eigenvalue weighted by Crippen LogP contribution is -2.15. The van der Waals surface area contributed by atoms with E-state index in [1.54, 1.807) is 38.5 Å². The summed E-state index contributed by atoms with van der Waals surface area (Å²) in [6.45, 7) is 1.50. The van der Waals surface area contributed by atoms with Gasteiger partial charge >= 0.3 is 0 Å². The Morgan fingerprint density at radius 3 is 2.65 bits per heavy atom. The Morgan fingerprint density at radius 1 is 1.10 bits per heavy atom. The fraction of sp³-hybridized carbons (Fsp3) is 0.174. The number of anilines is 1. The van der Waals surface area contributed by atoms with Gasteiger partial charge in [0.15, 0.2) is 22.2 Å². The lowest BCUT2D eigenvalue weighted by molar-refractivity contribution is -0.115. The van der Waals surface area contributed by atoms with Gasteiger partial charge in [0.1, 0.15) is 0 Å². The van der Waals surface area contributed by atoms with Gasteiger partial charge in [0.05, 0.1) is 26.3 Å². The van der Waals surface area contributed by atoms with Crippen molar-refractivity contribution >= 4 is 33.7 Å². The molecule has 0 aliphatic rings. The van der Waals surface area contributed by atoms with E-state index < -0.39 is 0 Å². The van der Waals surface area contributed by atoms with Crippen molar-refractivity contribution in [3.63, 3.8) is 0 Å². The van der Waals surface area contributed by atoms with Crippen LogP contribution in [0.25, 0.3) is 16.2 Å². The molecule has 0 bridgehead atoms. The summed E-state index contributed by atoms with van der Waals surface area (Å²) in [5.74, 6) is 1.07. The first kappa shape index (κ1) is 20.6. The molecule has 0 atom stereocenters. The number of nitrogens with zero attached hydrogens (tertiary/aromatic N) is 2. The van der Waals surface area contributed by atoms with Crippen molar-refractivity contribution in [3.05, 3.63) is 65.3 Å². The first-order chi connectivity index (χ1) is 15.0. The Labute approximate surface area is 183 Å². The summed E-state index contributed by atoms with van der Waals surface area (Å²) in [7, 11) is 3.19. The third kappa shape index (κ3) is 4.29. The van der Waals surface area contributed by atoms with E-state index in [9.17, 15) is 9.59 Å². The number of carbonyl (C=O) groups excluding carboxylic acids is 2. The quantitative estimate of drug-likeness (QED) is 0.433. The van der Waals surface area contributed by atoms with Crippen molar-refractivity contribution in [1.82, 2.24) is 9.38 Å². The molecule has 0 fully saturated rings. The fourth-order valence-corrected chi connectivity index (χ4v) is 4.15. The molecule has 2 aromatic carbocycles. The highest BCUT2D eigenvalue weighted by Gasteiger charge is 2.14. The maximum absolute atomic E-state index is 12.6. The summed E-state index contributed by atoms with van der Waals surface area (Å²) in [5, 5.41) is 4.78. The Bertz CT molecular complexity index is 1280. The zero-order valence-electron chi connectivity index (χ0n) is 17.3. The standard InChI is InChI=1S/C23H21N3O4S/c1-14(27)15-5-4-6-17(9-15)24-22(28)11-18-13-31-23-25-19(12-26(18)23)16-7-8-20(29-2)21(10-16)30-3/h4-10,12-13H,11H2,1-3H3,(H,24,28). The lowest BCUT2D eigenvalue weighted by atomic mass is 10.1. The Morgan fingerprint density at radius 2 is 1.90 bits per heavy atom. The van der Waals surface area contributed by atoms with Crippen LogP contribution in [0.2, 0.25) is 0 Å². The Kier molecular flexibility index (Phi) is 5.73. The zero-order chi connectivity index (χ0) is 22.0. The van der Waals surface area contributed by atoms with Crippen LogP contribution in [0.15, 0.2) is 54.0 Å². The fourth-order valence-electron chi connectivity index (χ4n) is 3.28. The molecule has 1 N–H and O–H groups in total. The van der Waals surface area contributed by atoms with Crippen LogP contribution < -0.4 is 14.8 Å². The lowest BCUT2D eigenvalue weighted by Gasteiger charge is -2.08. The largest absolute Gasteiger partial charge is 0.493 e. The van der Waals surface area contributed by atoms with Gasteiger partial charge in [0.25, 0.3) is 0 Å². The third-order valence-corrected chi connectivity index (χ3v) is 5.75. The van der Waals surface area contributed by atoms with Crippen molar-refractivity contribution in [1.29, 1.82) is 0 Å². The Balaban J connectivity index is 1.55. The van der Waals surface area contributed by atoms with E-state index in [2.05, 4.69) is 10.3 Å². The number of imidazole rings is 1. The second-order valence-electron chi connectivity index (χ2n) is 6.94. The van der Waals surface area contributed by atoms with Gasteiger partial charge in [-0.15, -0.1) is 11.3 Å². The van der Waals surface area contributed by atoms with E-state index in [1.807, 2.05) is 34.2 Å². The van der Waals surface area contributed by atoms with Crippen LogP contribution in [0.3, 0.4) is 0 Å². The van der Waals surface area contributed by atoms with Gasteiger partial charge in [-0.25, -0.2) is 4.98 Å². The molecule has 0 saturated heterocycles. The molecule has 0 saturated carbocycles. The molecule has 1 amide bonds. The summed E-state index contributed by atoms with van der Waals surface area (Å²) >= 11 is 1.47. The number of ketones is 1. The number of amides is 1. The SMILES string of the molecule is COc1ccc(-c2cn3c(CC(=O)Nc4cccc(C(C)=O)c4)csc3n2)cc1OC. The van der Waals surface area contributed by atoms with E-state index in [0.717, 1.165) is 21.9 Å². The smallest absolute Gasteiger partial charge is 0.230 e. The van der Waals surface area contributed by atoms with Crippen molar-refractivity contribution in [2.75, 3.05) is 19.5 Å². The van der Waals surface area contributed by atoms with Crippen LogP contribution in [0, 0.1) is 0 Å². The van der Waals surface area contributed by atoms with Crippen molar-refractivity contribution in [2.45, 2.75) is 13.3 Å². The number of Topliss-reactive ketones (excluding diaryl/α,β-unsaturated/α-hetero) is 1. The summed E-state index contributed by atoms with van der Waals surface area (Å²) in [4.78, 5) is 29.6. The van der Waals surface area contributed by atoms with E-state index >= 15 is 0 Å². The minimum Gasteiger partial charge on any atom is -0.493 e. The van der Waals surface area contributed by atoms with E-state index in [4.69, 9.17) is 9.47 Å². The van der Waals surface area contributed by atoms with Crippen molar-refractivity contribution in [3.8, 4) is 22.8 Å². The summed E-state index contributed by atoms with van der Waals surface area (Å²) in [5.41, 5.74) is 3.67. The van der Waals surface area contributed by atoms with Gasteiger partial charge in [-0.3, -0.25) is 14.0 Å². The van der Waals surface area contributed by atoms with Gasteiger partial charge in [-0.1, -0.05) is 12.1 Å². The third-order valence-electron chi connectivity index (χ3n) is 4.86. The van der Waals surface area contributed by atoms with Crippen LogP contribution in [0.4, 0.5) is 5.69 Å². The molecular formula is C23H21N3O4S. The zero-order valence-corrected chi connectivity index (χ0v) is 18.2. The van der Waals surface area contributed by atoms with Crippen LogP contribution in [0.5, 0.6) is 11.5 Å². The number of ether oxygens (including phenoxy) is 2. The molecule has 31 heavy (non-hydrogen) atoms. The van der Waals surface area contributed by atoms with Crippen molar-refractivity contribution in [2.24, 2.45) is 0 Å². The molecule has 0 radical (unpaired) electrons. The number of fused-ring (bicyclic) bond motifs is 1. The molecule has 4 rings (SSSR count). The number of hydrogen-bond donors (Lipinski definition) is 1. The summed E-state index contributed by atoms with van der Waals surface area (Å²) in [6, 6.07) is 12.5. The predicted molar refractivity (Wildman–Crippen MR) is 120 cm³/mol. The monoisotopic (exact) mass is 435 g/mol. The van der Waals surface area contributed by atoms with Gasteiger partial charge in [-0.05, 0) is 37.3 Å². The average Bonchev–Trinajstić information content (AvgIpc) is 3.35. The van der Waals surface area contributed by atoms with Crippen LogP contribution in [-0.2, 0) is 11.2 Å². The topological polar surface area (TPSA) is 81.9 Å². The second kappa shape index (κ2) is 8.61. The normalized spacial score (nSPS) is 10.8. The maximum atomic E-state index is 12.6. The summed E-state index contributed by atoms with van der Waals surface area (Å²) < 4.78 is 12.6. The molecule has 2 aromatic heterocycles. The highest BCUT2D eigenvalue weighted by molar-refractivity contribution is 7.15. The average molecular weight is 436 g/mol. The van der Waals surface area contributed by atoms with Crippen LogP contribution in [-0.4, -0.2) is 35.3 Å². The highest BCUT2D eigenvalue weighted by Crippen LogP contribution is 2.32. The first-order valence-electron chi connectivity index (χ1n) is 9.57. The predicted octanol–water partition coefficient (Wildman–Crippen LogP) is 4.46. The minimum absolute atomic E-state index is 0.0447. The molecule has 0 aliphatic heterocycles. The number of carbonyl (C=O) groups is 2. The van der Waals surface area contributed by atoms with E-state index in [0.29, 0.717) is 22.7 Å². The number of thiazole rings is 1. The van der Waals surface area contributed by atoms with Gasteiger partial charge in [0, 0.05) is 34.1 Å². The van der Waals surface area contributed by atoms with Gasteiger partial charge < -0.3 is 14.8 Å². The van der Waals surface area contributed by atoms with E-state index in [-0.39, 0.29) is 18.1 Å². The molecule has 2 heterocycles. The maximum Gasteiger partial charge on any atom is 0.230 e. The Hall–Kier alpha value is -3.65. The first-order valence-corrected chi connectivity index (χ1v) is 10.4. The van der Waals surface area contributed by atoms with Gasteiger partial charge in [-0.2, -0.15) is 0 Å².